The number of rotatable bonds is 0. The number of hydrogen-bond acceptors (Lipinski definition) is 2. The van der Waals surface area contributed by atoms with Crippen molar-refractivity contribution in [2.75, 3.05) is 0 Å². The first-order valence-electron chi connectivity index (χ1n) is 4.25. The van der Waals surface area contributed by atoms with E-state index in [0.29, 0.717) is 11.4 Å². The molecule has 0 bridgehead atoms. The Labute approximate surface area is 76.9 Å². The maximum Gasteiger partial charge on any atom is 0.144 e. The van der Waals surface area contributed by atoms with Crippen molar-refractivity contribution in [3.63, 3.8) is 0 Å². The Kier molecular flexibility index (Phi) is 1.69. The summed E-state index contributed by atoms with van der Waals surface area (Å²) in [6, 6.07) is 7.75. The third-order valence-electron chi connectivity index (χ3n) is 2.25. The van der Waals surface area contributed by atoms with Crippen LogP contribution in [-0.2, 0) is 0 Å². The molecule has 0 fully saturated rings. The molecule has 0 radical (unpaired) electrons. The zero-order valence-electron chi connectivity index (χ0n) is 7.70. The summed E-state index contributed by atoms with van der Waals surface area (Å²) in [5, 5.41) is 11.6. The zero-order valence-corrected chi connectivity index (χ0v) is 7.70. The lowest BCUT2D eigenvalue weighted by Crippen LogP contribution is -1.89. The molecule has 0 spiro atoms. The smallest absolute Gasteiger partial charge is 0.144 e. The SMILES string of the molecule is Cc1nc(C)c2ccccc2c1O. The summed E-state index contributed by atoms with van der Waals surface area (Å²) in [5.74, 6) is 0.293. The average molecular weight is 173 g/mol. The molecule has 0 amide bonds. The van der Waals surface area contributed by atoms with Gasteiger partial charge in [-0.25, -0.2) is 0 Å². The maximum atomic E-state index is 9.72. The zero-order chi connectivity index (χ0) is 9.42. The first-order chi connectivity index (χ1) is 6.20. The van der Waals surface area contributed by atoms with Gasteiger partial charge in [0.2, 0.25) is 0 Å². The van der Waals surface area contributed by atoms with Crippen molar-refractivity contribution in [1.29, 1.82) is 0 Å². The molecule has 2 nitrogen and oxygen atoms in total. The summed E-state index contributed by atoms with van der Waals surface area (Å²) < 4.78 is 0. The third kappa shape index (κ3) is 1.15. The molecule has 0 aliphatic rings. The molecule has 0 unspecified atom stereocenters. The number of fused-ring (bicyclic) bond motifs is 1. The molecule has 0 saturated carbocycles. The second kappa shape index (κ2) is 2.73. The number of pyridine rings is 1. The maximum absolute atomic E-state index is 9.72. The van der Waals surface area contributed by atoms with Crippen molar-refractivity contribution in [3.8, 4) is 5.75 Å². The second-order valence-electron chi connectivity index (χ2n) is 3.18. The lowest BCUT2D eigenvalue weighted by atomic mass is 10.1. The molecule has 13 heavy (non-hydrogen) atoms. The summed E-state index contributed by atoms with van der Waals surface area (Å²) in [5.41, 5.74) is 1.65. The van der Waals surface area contributed by atoms with Crippen molar-refractivity contribution < 1.29 is 5.11 Å². The summed E-state index contributed by atoms with van der Waals surface area (Å²) in [6.45, 7) is 3.77. The number of nitrogens with zero attached hydrogens (tertiary/aromatic N) is 1. The average Bonchev–Trinajstić information content (AvgIpc) is 2.15. The topological polar surface area (TPSA) is 33.1 Å². The third-order valence-corrected chi connectivity index (χ3v) is 2.25. The molecule has 2 heteroatoms. The van der Waals surface area contributed by atoms with E-state index in [2.05, 4.69) is 4.98 Å². The second-order valence-corrected chi connectivity index (χ2v) is 3.18. The predicted molar refractivity (Wildman–Crippen MR) is 52.9 cm³/mol. The highest BCUT2D eigenvalue weighted by Crippen LogP contribution is 2.28. The quantitative estimate of drug-likeness (QED) is 0.664. The molecule has 2 rings (SSSR count). The minimum absolute atomic E-state index is 0.293. The molecule has 1 heterocycles. The first-order valence-corrected chi connectivity index (χ1v) is 4.25. The molecular weight excluding hydrogens is 162 g/mol. The van der Waals surface area contributed by atoms with Gasteiger partial charge in [-0.3, -0.25) is 4.98 Å². The van der Waals surface area contributed by atoms with E-state index >= 15 is 0 Å². The van der Waals surface area contributed by atoms with Crippen LogP contribution in [0.15, 0.2) is 24.3 Å². The standard InChI is InChI=1S/C11H11NO/c1-7-9-5-3-4-6-10(9)11(13)8(2)12-7/h3-6,13H,1-2H3. The number of aryl methyl sites for hydroxylation is 2. The molecule has 0 saturated heterocycles. The predicted octanol–water partition coefficient (Wildman–Crippen LogP) is 2.56. The largest absolute Gasteiger partial charge is 0.505 e. The molecular formula is C11H11NO. The molecule has 1 aromatic heterocycles. The van der Waals surface area contributed by atoms with Crippen LogP contribution >= 0.6 is 0 Å². The summed E-state index contributed by atoms with van der Waals surface area (Å²) in [4.78, 5) is 4.25. The Morgan fingerprint density at radius 2 is 1.62 bits per heavy atom. The van der Waals surface area contributed by atoms with Crippen molar-refractivity contribution in [2.24, 2.45) is 0 Å². The van der Waals surface area contributed by atoms with Gasteiger partial charge in [0.15, 0.2) is 0 Å². The van der Waals surface area contributed by atoms with E-state index in [1.165, 1.54) is 0 Å². The van der Waals surface area contributed by atoms with Gasteiger partial charge < -0.3 is 5.11 Å². The molecule has 0 atom stereocenters. The number of aromatic nitrogens is 1. The van der Waals surface area contributed by atoms with Gasteiger partial charge in [-0.2, -0.15) is 0 Å². The van der Waals surface area contributed by atoms with Crippen molar-refractivity contribution in [2.45, 2.75) is 13.8 Å². The monoisotopic (exact) mass is 173 g/mol. The van der Waals surface area contributed by atoms with Crippen LogP contribution in [0, 0.1) is 13.8 Å². The minimum atomic E-state index is 0.293. The van der Waals surface area contributed by atoms with E-state index in [4.69, 9.17) is 0 Å². The molecule has 66 valence electrons. The van der Waals surface area contributed by atoms with Gasteiger partial charge in [-0.15, -0.1) is 0 Å². The fourth-order valence-corrected chi connectivity index (χ4v) is 1.56. The van der Waals surface area contributed by atoms with Crippen molar-refractivity contribution >= 4 is 10.8 Å². The normalized spacial score (nSPS) is 10.6. The summed E-state index contributed by atoms with van der Waals surface area (Å²) in [7, 11) is 0. The summed E-state index contributed by atoms with van der Waals surface area (Å²) in [6.07, 6.45) is 0. The van der Waals surface area contributed by atoms with Crippen molar-refractivity contribution in [3.05, 3.63) is 35.7 Å². The minimum Gasteiger partial charge on any atom is -0.505 e. The van der Waals surface area contributed by atoms with E-state index < -0.39 is 0 Å². The number of benzene rings is 1. The summed E-state index contributed by atoms with van der Waals surface area (Å²) >= 11 is 0. The fourth-order valence-electron chi connectivity index (χ4n) is 1.56. The van der Waals surface area contributed by atoms with E-state index in [1.54, 1.807) is 0 Å². The van der Waals surface area contributed by atoms with Gasteiger partial charge in [0.1, 0.15) is 5.75 Å². The Morgan fingerprint density at radius 1 is 1.00 bits per heavy atom. The molecule has 0 aliphatic carbocycles. The van der Waals surface area contributed by atoms with Crippen molar-refractivity contribution in [1.82, 2.24) is 4.98 Å². The fraction of sp³-hybridized carbons (Fsp3) is 0.182. The van der Waals surface area contributed by atoms with Crippen LogP contribution in [0.3, 0.4) is 0 Å². The van der Waals surface area contributed by atoms with E-state index in [9.17, 15) is 5.11 Å². The number of hydrogen-bond donors (Lipinski definition) is 1. The van der Waals surface area contributed by atoms with Crippen LogP contribution in [0.2, 0.25) is 0 Å². The highest BCUT2D eigenvalue weighted by molar-refractivity contribution is 5.90. The lowest BCUT2D eigenvalue weighted by molar-refractivity contribution is 0.474. The van der Waals surface area contributed by atoms with E-state index in [0.717, 1.165) is 16.5 Å². The lowest BCUT2D eigenvalue weighted by Gasteiger charge is -2.05. The number of aromatic hydroxyl groups is 1. The van der Waals surface area contributed by atoms with Gasteiger partial charge in [0.05, 0.1) is 5.69 Å². The van der Waals surface area contributed by atoms with Gasteiger partial charge in [0.25, 0.3) is 0 Å². The van der Waals surface area contributed by atoms with Crippen LogP contribution in [0.5, 0.6) is 5.75 Å². The Bertz CT molecular complexity index is 463. The molecule has 1 aromatic carbocycles. The Morgan fingerprint density at radius 3 is 2.31 bits per heavy atom. The van der Waals surface area contributed by atoms with Crippen LogP contribution in [-0.4, -0.2) is 10.1 Å². The van der Waals surface area contributed by atoms with Gasteiger partial charge >= 0.3 is 0 Å². The molecule has 1 N–H and O–H groups in total. The van der Waals surface area contributed by atoms with Gasteiger partial charge in [-0.1, -0.05) is 24.3 Å². The van der Waals surface area contributed by atoms with Gasteiger partial charge in [-0.05, 0) is 13.8 Å². The van der Waals surface area contributed by atoms with Gasteiger partial charge in [0, 0.05) is 16.5 Å². The van der Waals surface area contributed by atoms with Crippen LogP contribution in [0.1, 0.15) is 11.4 Å². The molecule has 2 aromatic rings. The van der Waals surface area contributed by atoms with E-state index in [1.807, 2.05) is 38.1 Å². The highest BCUT2D eigenvalue weighted by atomic mass is 16.3. The van der Waals surface area contributed by atoms with E-state index in [-0.39, 0.29) is 0 Å². The Balaban J connectivity index is 2.97. The van der Waals surface area contributed by atoms with Crippen LogP contribution in [0.4, 0.5) is 0 Å². The first kappa shape index (κ1) is 8.05. The Hall–Kier alpha value is -1.57. The highest BCUT2D eigenvalue weighted by Gasteiger charge is 2.05. The van der Waals surface area contributed by atoms with Crippen LogP contribution in [0.25, 0.3) is 10.8 Å². The molecule has 0 aliphatic heterocycles. The van der Waals surface area contributed by atoms with Crippen LogP contribution < -0.4 is 0 Å².